The quantitative estimate of drug-likeness (QED) is 0.0219. The van der Waals surface area contributed by atoms with Crippen molar-refractivity contribution >= 4 is 161 Å². The van der Waals surface area contributed by atoms with Gasteiger partial charge in [-0.1, -0.05) is 144 Å². The number of nitrogens with one attached hydrogen (secondary N) is 3. The number of likely N-dealkylation sites (tertiary alicyclic amines) is 3. The smallest absolute Gasteiger partial charge is 0.376 e. The van der Waals surface area contributed by atoms with Crippen LogP contribution in [0.5, 0.6) is 6.01 Å². The van der Waals surface area contributed by atoms with Crippen LogP contribution in [-0.4, -0.2) is 193 Å². The van der Waals surface area contributed by atoms with Gasteiger partial charge in [-0.15, -0.1) is 11.6 Å². The van der Waals surface area contributed by atoms with Gasteiger partial charge in [-0.2, -0.15) is 0 Å². The van der Waals surface area contributed by atoms with E-state index in [0.717, 1.165) is 20.9 Å². The van der Waals surface area contributed by atoms with E-state index < -0.39 is 88.8 Å². The van der Waals surface area contributed by atoms with Crippen LogP contribution in [0, 0.1) is 17.5 Å². The van der Waals surface area contributed by atoms with E-state index in [1.165, 1.54) is 102 Å². The average molecular weight is 1990 g/mol. The molecule has 37 heteroatoms. The Bertz CT molecular complexity index is 7520. The molecule has 3 aliphatic rings. The third kappa shape index (κ3) is 21.2. The number of esters is 1. The maximum absolute atomic E-state index is 15.6. The van der Waals surface area contributed by atoms with E-state index in [-0.39, 0.29) is 139 Å². The highest BCUT2D eigenvalue weighted by atomic mass is 35.5. The molecular weight excluding hydrogens is 1900 g/mol. The van der Waals surface area contributed by atoms with E-state index in [1.807, 2.05) is 18.2 Å². The van der Waals surface area contributed by atoms with Gasteiger partial charge in [-0.25, -0.2) is 56.7 Å². The fourth-order valence-electron chi connectivity index (χ4n) is 17.4. The fourth-order valence-corrected chi connectivity index (χ4v) is 18.4. The number of carbonyl (C=O) groups is 11. The molecule has 0 radical (unpaired) electrons. The number of benzene rings is 9. The number of hydrogen-bond donors (Lipinski definition) is 3. The summed E-state index contributed by atoms with van der Waals surface area (Å²) in [5.74, 6) is -7.14. The zero-order valence-electron chi connectivity index (χ0n) is 75.9. The van der Waals surface area contributed by atoms with Crippen molar-refractivity contribution in [2.45, 2.75) is 102 Å². The summed E-state index contributed by atoms with van der Waals surface area (Å²) in [7, 11) is 2.71. The lowest BCUT2D eigenvalue weighted by Gasteiger charge is -2.24. The minimum atomic E-state index is -1.46. The number of alkyl halides is 3. The Balaban J connectivity index is 0.000000152. The van der Waals surface area contributed by atoms with Crippen molar-refractivity contribution in [1.29, 1.82) is 0 Å². The van der Waals surface area contributed by atoms with Crippen molar-refractivity contribution < 1.29 is 84.2 Å². The van der Waals surface area contributed by atoms with Gasteiger partial charge in [0.15, 0.2) is 46.4 Å². The highest BCUT2D eigenvalue weighted by Gasteiger charge is 2.44. The Morgan fingerprint density at radius 3 is 0.986 bits per heavy atom. The van der Waals surface area contributed by atoms with Gasteiger partial charge in [0.05, 0.1) is 49.7 Å². The largest absolute Gasteiger partial charge is 0.467 e. The molecule has 3 aliphatic heterocycles. The number of Topliss-reactive ketones (excluding diaryl/α,β-unsaturated/α-hetero) is 4. The topological polar surface area (TPSA) is 344 Å². The molecule has 716 valence electrons. The van der Waals surface area contributed by atoms with Crippen molar-refractivity contribution in [3.05, 3.63) is 299 Å². The molecule has 0 bridgehead atoms. The maximum Gasteiger partial charge on any atom is 0.376 e. The molecular formula is C104H84Cl4F5N15O13. The number of anilines is 3. The van der Waals surface area contributed by atoms with Gasteiger partial charge in [0.1, 0.15) is 50.1 Å². The third-order valence-electron chi connectivity index (χ3n) is 24.4. The van der Waals surface area contributed by atoms with Crippen LogP contribution >= 0.6 is 46.4 Å². The second kappa shape index (κ2) is 42.4. The number of ether oxygens (including phenoxy) is 2. The highest BCUT2D eigenvalue weighted by Crippen LogP contribution is 2.41. The number of halogens is 9. The van der Waals surface area contributed by atoms with Gasteiger partial charge >= 0.3 is 12.0 Å². The monoisotopic (exact) mass is 1990 g/mol. The zero-order chi connectivity index (χ0) is 100. The predicted octanol–water partition coefficient (Wildman–Crippen LogP) is 19.3. The van der Waals surface area contributed by atoms with Crippen LogP contribution in [0.1, 0.15) is 99.3 Å². The minimum Gasteiger partial charge on any atom is -0.467 e. The number of methoxy groups -OCH3 is 2. The Hall–Kier alpha value is -15.6. The van der Waals surface area contributed by atoms with Crippen molar-refractivity contribution in [3.8, 4) is 72.8 Å². The summed E-state index contributed by atoms with van der Waals surface area (Å²) in [4.78, 5) is 171. The van der Waals surface area contributed by atoms with Crippen LogP contribution in [-0.2, 0) is 53.1 Å². The summed E-state index contributed by atoms with van der Waals surface area (Å²) < 4.78 is 90.6. The van der Waals surface area contributed by atoms with Crippen LogP contribution in [0.15, 0.2) is 238 Å². The molecule has 141 heavy (non-hydrogen) atoms. The van der Waals surface area contributed by atoms with E-state index in [0.29, 0.717) is 103 Å². The van der Waals surface area contributed by atoms with Crippen LogP contribution in [0.2, 0.25) is 15.1 Å². The first kappa shape index (κ1) is 98.5. The highest BCUT2D eigenvalue weighted by molar-refractivity contribution is 6.34. The third-order valence-corrected chi connectivity index (χ3v) is 25.7. The fraction of sp³-hybridized carbons (Fsp3) is 0.202. The van der Waals surface area contributed by atoms with Gasteiger partial charge in [-0.3, -0.25) is 47.9 Å². The standard InChI is InChI=1S/C35H28ClF2N5O5.C35H28ClF2N5O4.C34H28Cl2FN5O4/c1-19(44)26-17-42(29-11-10-20(12-25(26)29)21-14-39-33(40-15-21)35(47)48-2)18-31(45)43-16-22(37)13-30(43)34(46)41-28-9-5-7-24(32(28)38)23-6-3-4-8-27(23)36;1-19(44)27-17-42(30-11-10-21(12-26(27)30)22-14-39-34(20(2)45)40-15-22)18-32(46)43-16-23(37)13-31(43)35(47)41-29-9-5-7-25(33(29)38)24-6-3-4-8-28(24)36;1-19(43)26-17-41(29-11-10-20(12-25(26)29)21-14-38-34(46-2)39-15-21)18-31(44)42-16-22(35)13-30(42)33(45)40-28-9-5-7-24(32(28)37)23-6-3-4-8-27(23)36/h3-12,14-15,17,22,30H,13,16,18H2,1-2H3,(H,41,46);3-12,14-15,17,23,31H,13,16,18H2,1-2H3,(H,41,47);3-12,14-15,17,22,30H,13,16,18H2,1-2H3,(H,40,45)/t22-,30+;23-,31+;22-,30+/m111/s1. The Labute approximate surface area is 821 Å². The first-order chi connectivity index (χ1) is 67.7. The van der Waals surface area contributed by atoms with E-state index in [1.54, 1.807) is 178 Å². The minimum absolute atomic E-state index is 0.0339. The molecule has 0 aliphatic carbocycles. The van der Waals surface area contributed by atoms with Gasteiger partial charge < -0.3 is 53.8 Å². The molecule has 9 aromatic carbocycles. The molecule has 3 N–H and O–H groups in total. The van der Waals surface area contributed by atoms with E-state index in [2.05, 4.69) is 50.6 Å². The van der Waals surface area contributed by atoms with Crippen LogP contribution in [0.3, 0.4) is 0 Å². The summed E-state index contributed by atoms with van der Waals surface area (Å²) in [6.45, 7) is 4.46. The molecule has 6 aromatic heterocycles. The number of carbonyl (C=O) groups excluding carboxylic acids is 11. The van der Waals surface area contributed by atoms with Crippen molar-refractivity contribution in [1.82, 2.24) is 58.3 Å². The van der Waals surface area contributed by atoms with Gasteiger partial charge in [-0.05, 0) is 117 Å². The SMILES string of the molecule is CC(=O)c1ncc(-c2ccc3c(c2)c(C(C)=O)cn3CC(=O)N2C[C@H](F)C[C@H]2C(=O)Nc2cccc(-c3ccccc3Cl)c2F)cn1.COC(=O)c1ncc(-c2ccc3c(c2)c(C(C)=O)cn3CC(=O)N2C[C@H](F)C[C@H]2C(=O)Nc2cccc(-c3ccccc3Cl)c2F)cn1.COc1ncc(-c2ccc3c(c2)c(C(C)=O)cn3CC(=O)N2C[C@H](Cl)C[C@H]2C(=O)Nc2cccc(-c3ccccc3Cl)c2F)cn1. The van der Waals surface area contributed by atoms with Gasteiger partial charge in [0.25, 0.3) is 0 Å². The summed E-state index contributed by atoms with van der Waals surface area (Å²) in [6, 6.07) is 46.8. The number of ketones is 4. The van der Waals surface area contributed by atoms with Crippen LogP contribution < -0.4 is 20.7 Å². The van der Waals surface area contributed by atoms with Crippen molar-refractivity contribution in [2.75, 3.05) is 49.8 Å². The first-order valence-electron chi connectivity index (χ1n) is 44.1. The molecule has 9 heterocycles. The lowest BCUT2D eigenvalue weighted by atomic mass is 10.0. The molecule has 28 nitrogen and oxygen atoms in total. The predicted molar refractivity (Wildman–Crippen MR) is 523 cm³/mol. The molecule has 18 rings (SSSR count). The van der Waals surface area contributed by atoms with Gasteiger partial charge in [0.2, 0.25) is 41.3 Å². The maximum atomic E-state index is 15.6. The van der Waals surface area contributed by atoms with E-state index in [9.17, 15) is 61.5 Å². The van der Waals surface area contributed by atoms with Gasteiger partial charge in [0, 0.05) is 197 Å². The second-order valence-corrected chi connectivity index (χ2v) is 35.4. The normalized spacial score (nSPS) is 16.0. The van der Waals surface area contributed by atoms with E-state index in [4.69, 9.17) is 51.1 Å². The first-order valence-corrected chi connectivity index (χ1v) is 45.6. The Kier molecular flexibility index (Phi) is 29.6. The number of hydrogen-bond acceptors (Lipinski definition) is 19. The molecule has 0 saturated carbocycles. The molecule has 15 aromatic rings. The molecule has 3 saturated heterocycles. The summed E-state index contributed by atoms with van der Waals surface area (Å²) >= 11 is 25.3. The average Bonchev–Trinajstić information content (AvgIpc) is 1.63. The zero-order valence-corrected chi connectivity index (χ0v) is 78.9. The molecule has 3 fully saturated rings. The lowest BCUT2D eigenvalue weighted by molar-refractivity contribution is -0.137. The molecule has 0 unspecified atom stereocenters. The van der Waals surface area contributed by atoms with E-state index >= 15 is 13.2 Å². The van der Waals surface area contributed by atoms with Crippen LogP contribution in [0.25, 0.3) is 99.5 Å². The summed E-state index contributed by atoms with van der Waals surface area (Å²) in [5, 5.41) is 10.1. The second-order valence-electron chi connectivity index (χ2n) is 33.6. The molecule has 6 amide bonds. The molecule has 0 spiro atoms. The van der Waals surface area contributed by atoms with Crippen molar-refractivity contribution in [2.24, 2.45) is 0 Å². The number of nitrogens with zero attached hydrogens (tertiary/aromatic N) is 12. The molecule has 6 atom stereocenters. The number of amides is 6. The van der Waals surface area contributed by atoms with Crippen LogP contribution in [0.4, 0.5) is 39.0 Å². The Morgan fingerprint density at radius 1 is 0.369 bits per heavy atom. The number of rotatable bonds is 24. The summed E-state index contributed by atoms with van der Waals surface area (Å²) in [6.07, 6.45) is 10.7. The summed E-state index contributed by atoms with van der Waals surface area (Å²) in [5.41, 5.74) is 8.71. The number of fused-ring (bicyclic) bond motifs is 3. The Morgan fingerprint density at radius 2 is 0.674 bits per heavy atom. The van der Waals surface area contributed by atoms with Crippen molar-refractivity contribution in [3.63, 3.8) is 0 Å². The lowest BCUT2D eigenvalue weighted by Crippen LogP contribution is -2.44. The number of aromatic nitrogens is 9.